The first-order valence-electron chi connectivity index (χ1n) is 10.9. The van der Waals surface area contributed by atoms with E-state index < -0.39 is 12.0 Å². The third-order valence-electron chi connectivity index (χ3n) is 4.47. The van der Waals surface area contributed by atoms with Crippen LogP contribution in [0.3, 0.4) is 0 Å². The molecule has 3 amide bonds. The molecule has 3 rings (SSSR count). The predicted molar refractivity (Wildman–Crippen MR) is 132 cm³/mol. The van der Waals surface area contributed by atoms with Crippen LogP contribution in [0.15, 0.2) is 77.0 Å². The summed E-state index contributed by atoms with van der Waals surface area (Å²) in [4.78, 5) is 39.7. The van der Waals surface area contributed by atoms with Crippen LogP contribution in [-0.4, -0.2) is 42.8 Å². The van der Waals surface area contributed by atoms with E-state index in [1.807, 2.05) is 0 Å². The van der Waals surface area contributed by atoms with Crippen molar-refractivity contribution in [3.8, 4) is 5.75 Å². The van der Waals surface area contributed by atoms with E-state index >= 15 is 0 Å². The highest BCUT2D eigenvalue weighted by Gasteiger charge is 2.10. The number of nitrogens with two attached hydrogens (primary N) is 1. The predicted octanol–water partition coefficient (Wildman–Crippen LogP) is 3.53. The molecule has 0 radical (unpaired) electrons. The molecule has 0 aliphatic rings. The number of azo groups is 1. The molecule has 3 aromatic rings. The number of benzene rings is 2. The first kappa shape index (κ1) is 25.6. The lowest BCUT2D eigenvalue weighted by atomic mass is 10.2. The minimum atomic E-state index is -0.596. The second kappa shape index (κ2) is 13.0. The molecule has 0 bridgehead atoms. The lowest BCUT2D eigenvalue weighted by Gasteiger charge is -2.09. The Morgan fingerprint density at radius 3 is 2.39 bits per heavy atom. The van der Waals surface area contributed by atoms with Gasteiger partial charge >= 0.3 is 6.09 Å². The Morgan fingerprint density at radius 2 is 1.64 bits per heavy atom. The summed E-state index contributed by atoms with van der Waals surface area (Å²) in [7, 11) is 0. The zero-order valence-electron chi connectivity index (χ0n) is 19.4. The maximum atomic E-state index is 12.2. The molecule has 12 heteroatoms. The van der Waals surface area contributed by atoms with Crippen LogP contribution < -0.4 is 26.4 Å². The maximum absolute atomic E-state index is 12.2. The SMILES string of the molecule is CCNC(=O)OCOc1ccccc1/N=N/c1ccc(NC(=O)CNC(=O)c2ccccc2)nc1N. The van der Waals surface area contributed by atoms with Gasteiger partial charge in [0.1, 0.15) is 17.2 Å². The van der Waals surface area contributed by atoms with Crippen molar-refractivity contribution in [3.63, 3.8) is 0 Å². The number of alkyl carbamates (subject to hydrolysis) is 1. The second-order valence-corrected chi connectivity index (χ2v) is 7.09. The Hall–Kier alpha value is -5.00. The van der Waals surface area contributed by atoms with Crippen molar-refractivity contribution in [1.29, 1.82) is 0 Å². The minimum Gasteiger partial charge on any atom is -0.455 e. The third-order valence-corrected chi connectivity index (χ3v) is 4.47. The largest absolute Gasteiger partial charge is 0.455 e. The standard InChI is InChI=1S/C24H25N7O5/c1-2-26-24(34)36-15-35-19-11-7-6-10-17(19)30-31-18-12-13-20(29-22(18)25)28-21(32)14-27-23(33)16-8-4-3-5-9-16/h3-13H,2,14-15H2,1H3,(H,26,34)(H,27,33)(H3,25,28,29,32)/b31-30+. The van der Waals surface area contributed by atoms with Crippen LogP contribution in [-0.2, 0) is 9.53 Å². The first-order valence-corrected chi connectivity index (χ1v) is 10.9. The van der Waals surface area contributed by atoms with Gasteiger partial charge in [-0.25, -0.2) is 9.78 Å². The fourth-order valence-electron chi connectivity index (χ4n) is 2.77. The molecule has 0 saturated carbocycles. The molecular weight excluding hydrogens is 466 g/mol. The summed E-state index contributed by atoms with van der Waals surface area (Å²) >= 11 is 0. The molecule has 0 unspecified atom stereocenters. The quantitative estimate of drug-likeness (QED) is 0.248. The van der Waals surface area contributed by atoms with E-state index in [0.717, 1.165) is 0 Å². The molecule has 1 heterocycles. The van der Waals surface area contributed by atoms with Crippen LogP contribution in [0.5, 0.6) is 5.75 Å². The Morgan fingerprint density at radius 1 is 0.917 bits per heavy atom. The molecule has 0 fully saturated rings. The summed E-state index contributed by atoms with van der Waals surface area (Å²) < 4.78 is 10.3. The smallest absolute Gasteiger partial charge is 0.410 e. The van der Waals surface area contributed by atoms with Crippen molar-refractivity contribution in [1.82, 2.24) is 15.6 Å². The first-order chi connectivity index (χ1) is 17.5. The zero-order chi connectivity index (χ0) is 25.8. The molecule has 1 aromatic heterocycles. The van der Waals surface area contributed by atoms with Crippen molar-refractivity contribution in [2.45, 2.75) is 6.92 Å². The number of nitrogens with one attached hydrogen (secondary N) is 3. The molecule has 186 valence electrons. The number of nitrogen functional groups attached to an aromatic ring is 1. The second-order valence-electron chi connectivity index (χ2n) is 7.09. The lowest BCUT2D eigenvalue weighted by molar-refractivity contribution is -0.115. The average Bonchev–Trinajstić information content (AvgIpc) is 2.88. The molecule has 0 spiro atoms. The van der Waals surface area contributed by atoms with E-state index in [4.69, 9.17) is 15.2 Å². The van der Waals surface area contributed by atoms with E-state index in [9.17, 15) is 14.4 Å². The number of hydrogen-bond donors (Lipinski definition) is 4. The molecular formula is C24H25N7O5. The number of aromatic nitrogens is 1. The van der Waals surface area contributed by atoms with Crippen molar-refractivity contribution in [3.05, 3.63) is 72.3 Å². The van der Waals surface area contributed by atoms with Crippen LogP contribution in [0.2, 0.25) is 0 Å². The monoisotopic (exact) mass is 491 g/mol. The molecule has 0 atom stereocenters. The third kappa shape index (κ3) is 7.80. The Labute approximate surface area is 206 Å². The Kier molecular flexibility index (Phi) is 9.27. The van der Waals surface area contributed by atoms with Gasteiger partial charge in [-0.1, -0.05) is 30.3 Å². The number of amides is 3. The van der Waals surface area contributed by atoms with Gasteiger partial charge in [0.05, 0.1) is 6.54 Å². The number of anilines is 2. The van der Waals surface area contributed by atoms with Crippen LogP contribution in [0, 0.1) is 0 Å². The minimum absolute atomic E-state index is 0.0304. The molecule has 5 N–H and O–H groups in total. The van der Waals surface area contributed by atoms with Gasteiger partial charge in [0, 0.05) is 12.1 Å². The van der Waals surface area contributed by atoms with Gasteiger partial charge in [-0.2, -0.15) is 0 Å². The van der Waals surface area contributed by atoms with Crippen LogP contribution in [0.1, 0.15) is 17.3 Å². The van der Waals surface area contributed by atoms with Gasteiger partial charge < -0.3 is 31.2 Å². The summed E-state index contributed by atoms with van der Waals surface area (Å²) in [6, 6.07) is 18.4. The molecule has 0 aliphatic carbocycles. The van der Waals surface area contributed by atoms with Gasteiger partial charge in [0.15, 0.2) is 11.6 Å². The molecule has 12 nitrogen and oxygen atoms in total. The van der Waals surface area contributed by atoms with E-state index in [1.165, 1.54) is 12.1 Å². The fraction of sp³-hybridized carbons (Fsp3) is 0.167. The summed E-state index contributed by atoms with van der Waals surface area (Å²) in [5.74, 6) is -0.270. The highest BCUT2D eigenvalue weighted by molar-refractivity contribution is 5.99. The Bertz CT molecular complexity index is 1230. The molecule has 36 heavy (non-hydrogen) atoms. The van der Waals surface area contributed by atoms with Crippen molar-refractivity contribution in [2.75, 3.05) is 30.9 Å². The number of hydrogen-bond acceptors (Lipinski definition) is 9. The maximum Gasteiger partial charge on any atom is 0.410 e. The number of nitrogens with zero attached hydrogens (tertiary/aromatic N) is 3. The number of ether oxygens (including phenoxy) is 2. The topological polar surface area (TPSA) is 169 Å². The number of para-hydroxylation sites is 1. The van der Waals surface area contributed by atoms with E-state index in [2.05, 4.69) is 31.2 Å². The van der Waals surface area contributed by atoms with E-state index in [0.29, 0.717) is 23.5 Å². The van der Waals surface area contributed by atoms with Crippen LogP contribution >= 0.6 is 0 Å². The van der Waals surface area contributed by atoms with Gasteiger partial charge in [-0.15, -0.1) is 10.2 Å². The summed E-state index contributed by atoms with van der Waals surface area (Å²) in [5, 5.41) is 15.8. The van der Waals surface area contributed by atoms with Gasteiger partial charge in [-0.05, 0) is 43.3 Å². The lowest BCUT2D eigenvalue weighted by Crippen LogP contribution is -2.33. The number of carbonyl (C=O) groups is 3. The molecule has 2 aromatic carbocycles. The number of pyridine rings is 1. The van der Waals surface area contributed by atoms with Crippen molar-refractivity contribution < 1.29 is 23.9 Å². The normalized spacial score (nSPS) is 10.5. The van der Waals surface area contributed by atoms with Gasteiger partial charge in [0.25, 0.3) is 5.91 Å². The summed E-state index contributed by atoms with van der Waals surface area (Å²) in [6.45, 7) is 1.66. The summed E-state index contributed by atoms with van der Waals surface area (Å²) in [5.41, 5.74) is 7.05. The van der Waals surface area contributed by atoms with E-state index in [-0.39, 0.29) is 36.6 Å². The zero-order valence-corrected chi connectivity index (χ0v) is 19.4. The molecule has 0 aliphatic heterocycles. The highest BCUT2D eigenvalue weighted by Crippen LogP contribution is 2.30. The van der Waals surface area contributed by atoms with E-state index in [1.54, 1.807) is 61.5 Å². The van der Waals surface area contributed by atoms with Gasteiger partial charge in [-0.3, -0.25) is 9.59 Å². The van der Waals surface area contributed by atoms with Crippen LogP contribution in [0.4, 0.5) is 27.8 Å². The Balaban J connectivity index is 1.56. The van der Waals surface area contributed by atoms with Crippen molar-refractivity contribution >= 4 is 40.9 Å². The highest BCUT2D eigenvalue weighted by atomic mass is 16.7. The number of rotatable bonds is 10. The molecule has 0 saturated heterocycles. The fourth-order valence-corrected chi connectivity index (χ4v) is 2.77. The number of carbonyl (C=O) groups excluding carboxylic acids is 3. The van der Waals surface area contributed by atoms with Crippen LogP contribution in [0.25, 0.3) is 0 Å². The van der Waals surface area contributed by atoms with Crippen molar-refractivity contribution in [2.24, 2.45) is 10.2 Å². The average molecular weight is 492 g/mol. The summed E-state index contributed by atoms with van der Waals surface area (Å²) in [6.07, 6.45) is -0.596. The van der Waals surface area contributed by atoms with Gasteiger partial charge in [0.2, 0.25) is 12.7 Å².